The Labute approximate surface area is 171 Å². The number of rotatable bonds is 2. The molecule has 2 amide bonds. The minimum Gasteiger partial charge on any atom is -0.408 e. The van der Waals surface area contributed by atoms with Crippen LogP contribution in [0.15, 0.2) is 45.6 Å². The van der Waals surface area contributed by atoms with Crippen LogP contribution in [0.3, 0.4) is 0 Å². The highest BCUT2D eigenvalue weighted by atomic mass is 19.1. The lowest BCUT2D eigenvalue weighted by molar-refractivity contribution is -0.143. The number of anilines is 2. The summed E-state index contributed by atoms with van der Waals surface area (Å²) in [7, 11) is 0. The van der Waals surface area contributed by atoms with E-state index in [0.717, 1.165) is 5.69 Å². The van der Waals surface area contributed by atoms with Crippen molar-refractivity contribution >= 4 is 34.3 Å². The van der Waals surface area contributed by atoms with Crippen molar-refractivity contribution < 1.29 is 18.4 Å². The first-order valence-corrected chi connectivity index (χ1v) is 9.58. The van der Waals surface area contributed by atoms with E-state index in [9.17, 15) is 18.8 Å². The van der Waals surface area contributed by atoms with Gasteiger partial charge in [-0.25, -0.2) is 9.18 Å². The lowest BCUT2D eigenvalue weighted by Crippen LogP contribution is -2.55. The molecule has 1 aromatic heterocycles. The summed E-state index contributed by atoms with van der Waals surface area (Å²) in [5.74, 6) is -2.28. The summed E-state index contributed by atoms with van der Waals surface area (Å²) in [6.07, 6.45) is 0. The van der Waals surface area contributed by atoms with E-state index in [2.05, 4.69) is 10.3 Å². The Morgan fingerprint density at radius 1 is 1.20 bits per heavy atom. The number of aromatic amines is 1. The number of benzene rings is 2. The average Bonchev–Trinajstić information content (AvgIpc) is 3.08. The van der Waals surface area contributed by atoms with Crippen molar-refractivity contribution in [2.75, 3.05) is 29.9 Å². The van der Waals surface area contributed by atoms with E-state index in [1.807, 2.05) is 17.9 Å². The third-order valence-electron chi connectivity index (χ3n) is 5.27. The van der Waals surface area contributed by atoms with E-state index in [0.29, 0.717) is 36.4 Å². The van der Waals surface area contributed by atoms with Gasteiger partial charge in [0.05, 0.1) is 5.52 Å². The van der Waals surface area contributed by atoms with Gasteiger partial charge in [-0.15, -0.1) is 0 Å². The normalized spacial score (nSPS) is 16.7. The summed E-state index contributed by atoms with van der Waals surface area (Å²) >= 11 is 0. The number of carbonyl (C=O) groups is 2. The molecule has 2 N–H and O–H groups in total. The summed E-state index contributed by atoms with van der Waals surface area (Å²) in [5.41, 5.74) is 2.47. The van der Waals surface area contributed by atoms with Crippen LogP contribution in [0.25, 0.3) is 11.1 Å². The number of fused-ring (bicyclic) bond motifs is 1. The first kappa shape index (κ1) is 19.7. The first-order chi connectivity index (χ1) is 14.3. The average molecular weight is 412 g/mol. The Kier molecular flexibility index (Phi) is 5.03. The van der Waals surface area contributed by atoms with Gasteiger partial charge in [-0.1, -0.05) is 6.07 Å². The van der Waals surface area contributed by atoms with Crippen LogP contribution in [-0.2, 0) is 9.59 Å². The number of hydrogen-bond donors (Lipinski definition) is 2. The van der Waals surface area contributed by atoms with Gasteiger partial charge in [0.25, 0.3) is 0 Å². The van der Waals surface area contributed by atoms with Gasteiger partial charge in [-0.2, -0.15) is 0 Å². The molecule has 3 aromatic rings. The van der Waals surface area contributed by atoms with Crippen molar-refractivity contribution in [3.63, 3.8) is 0 Å². The number of oxazole rings is 1. The quantitative estimate of drug-likeness (QED) is 0.629. The van der Waals surface area contributed by atoms with Crippen molar-refractivity contribution in [3.8, 4) is 0 Å². The van der Waals surface area contributed by atoms with Crippen LogP contribution in [0.4, 0.5) is 15.8 Å². The minimum atomic E-state index is -0.769. The second-order valence-electron chi connectivity index (χ2n) is 7.41. The van der Waals surface area contributed by atoms with E-state index in [4.69, 9.17) is 4.42 Å². The van der Waals surface area contributed by atoms with Crippen LogP contribution in [0.5, 0.6) is 0 Å². The summed E-state index contributed by atoms with van der Waals surface area (Å²) in [6, 6.07) is 9.63. The number of halogens is 1. The second-order valence-corrected chi connectivity index (χ2v) is 7.41. The number of carbonyl (C=O) groups excluding carboxylic acids is 2. The fourth-order valence-corrected chi connectivity index (χ4v) is 3.64. The molecule has 2 heterocycles. The molecule has 30 heavy (non-hydrogen) atoms. The molecular formula is C21H21FN4O4. The van der Waals surface area contributed by atoms with Crippen LogP contribution < -0.4 is 16.0 Å². The Hall–Kier alpha value is -3.62. The molecule has 0 saturated carbocycles. The fraction of sp³-hybridized carbons (Fsp3) is 0.286. The van der Waals surface area contributed by atoms with Gasteiger partial charge in [-0.05, 0) is 43.7 Å². The van der Waals surface area contributed by atoms with Crippen LogP contribution in [0.1, 0.15) is 12.5 Å². The SMILES string of the molecule is Cc1ccc(N2CCN(C(=O)C(=O)Nc3ccc4[nH]c(=O)oc4c3)C[C@H]2C)cc1F. The fourth-order valence-electron chi connectivity index (χ4n) is 3.64. The maximum atomic E-state index is 13.9. The number of aromatic nitrogens is 1. The van der Waals surface area contributed by atoms with E-state index in [1.165, 1.54) is 17.0 Å². The predicted molar refractivity (Wildman–Crippen MR) is 110 cm³/mol. The molecule has 8 nitrogen and oxygen atoms in total. The summed E-state index contributed by atoms with van der Waals surface area (Å²) in [4.78, 5) is 42.3. The van der Waals surface area contributed by atoms with Gasteiger partial charge in [-0.3, -0.25) is 14.6 Å². The number of hydrogen-bond acceptors (Lipinski definition) is 5. The molecule has 1 saturated heterocycles. The van der Waals surface area contributed by atoms with Gasteiger partial charge >= 0.3 is 17.6 Å². The number of amides is 2. The summed E-state index contributed by atoms with van der Waals surface area (Å²) in [5, 5.41) is 2.54. The van der Waals surface area contributed by atoms with Crippen LogP contribution in [0.2, 0.25) is 0 Å². The predicted octanol–water partition coefficient (Wildman–Crippen LogP) is 2.24. The Balaban J connectivity index is 1.41. The molecule has 4 rings (SSSR count). The van der Waals surface area contributed by atoms with Crippen LogP contribution in [0, 0.1) is 12.7 Å². The van der Waals surface area contributed by atoms with Gasteiger partial charge in [0.1, 0.15) is 5.82 Å². The highest BCUT2D eigenvalue weighted by Crippen LogP contribution is 2.23. The van der Waals surface area contributed by atoms with Crippen LogP contribution in [-0.4, -0.2) is 47.4 Å². The number of H-pyrrole nitrogens is 1. The lowest BCUT2D eigenvalue weighted by Gasteiger charge is -2.41. The molecule has 0 radical (unpaired) electrons. The molecule has 0 unspecified atom stereocenters. The number of piperazine rings is 1. The van der Waals surface area contributed by atoms with Crippen molar-refractivity contribution in [3.05, 3.63) is 58.3 Å². The molecule has 1 aliphatic heterocycles. The van der Waals surface area contributed by atoms with Gasteiger partial charge < -0.3 is 19.5 Å². The Morgan fingerprint density at radius 3 is 2.73 bits per heavy atom. The monoisotopic (exact) mass is 412 g/mol. The van der Waals surface area contributed by atoms with Crippen molar-refractivity contribution in [1.82, 2.24) is 9.88 Å². The number of nitrogens with zero attached hydrogens (tertiary/aromatic N) is 2. The summed E-state index contributed by atoms with van der Waals surface area (Å²) in [6.45, 7) is 4.81. The molecule has 9 heteroatoms. The van der Waals surface area contributed by atoms with Crippen molar-refractivity contribution in [2.24, 2.45) is 0 Å². The number of nitrogens with one attached hydrogen (secondary N) is 2. The summed E-state index contributed by atoms with van der Waals surface area (Å²) < 4.78 is 18.9. The van der Waals surface area contributed by atoms with Gasteiger partial charge in [0.15, 0.2) is 5.58 Å². The van der Waals surface area contributed by atoms with E-state index in [-0.39, 0.29) is 17.4 Å². The van der Waals surface area contributed by atoms with E-state index < -0.39 is 17.6 Å². The number of aryl methyl sites for hydroxylation is 1. The third-order valence-corrected chi connectivity index (χ3v) is 5.27. The molecule has 0 spiro atoms. The standard InChI is InChI=1S/C21H21FN4O4/c1-12-3-5-15(10-16(12)22)26-8-7-25(11-13(26)2)20(28)19(27)23-14-4-6-17-18(9-14)30-21(29)24-17/h3-6,9-10,13H,7-8,11H2,1-2H3,(H,23,27)(H,24,29)/t13-/m1/s1. The molecule has 0 bridgehead atoms. The molecule has 1 fully saturated rings. The Morgan fingerprint density at radius 2 is 2.00 bits per heavy atom. The molecule has 2 aromatic carbocycles. The van der Waals surface area contributed by atoms with E-state index in [1.54, 1.807) is 25.1 Å². The topological polar surface area (TPSA) is 98.6 Å². The largest absolute Gasteiger partial charge is 0.417 e. The maximum absolute atomic E-state index is 13.9. The first-order valence-electron chi connectivity index (χ1n) is 9.58. The van der Waals surface area contributed by atoms with Crippen molar-refractivity contribution in [2.45, 2.75) is 19.9 Å². The molecule has 1 atom stereocenters. The zero-order valence-corrected chi connectivity index (χ0v) is 16.6. The van der Waals surface area contributed by atoms with Gasteiger partial charge in [0.2, 0.25) is 0 Å². The molecular weight excluding hydrogens is 391 g/mol. The smallest absolute Gasteiger partial charge is 0.408 e. The molecule has 156 valence electrons. The third kappa shape index (κ3) is 3.78. The highest BCUT2D eigenvalue weighted by Gasteiger charge is 2.30. The highest BCUT2D eigenvalue weighted by molar-refractivity contribution is 6.39. The zero-order chi connectivity index (χ0) is 21.4. The second kappa shape index (κ2) is 7.66. The zero-order valence-electron chi connectivity index (χ0n) is 16.6. The lowest BCUT2D eigenvalue weighted by atomic mass is 10.1. The molecule has 1 aliphatic rings. The molecule has 0 aliphatic carbocycles. The minimum absolute atomic E-state index is 0.0805. The maximum Gasteiger partial charge on any atom is 0.417 e. The van der Waals surface area contributed by atoms with E-state index >= 15 is 0 Å². The van der Waals surface area contributed by atoms with Crippen LogP contribution >= 0.6 is 0 Å². The van der Waals surface area contributed by atoms with Gasteiger partial charge in [0, 0.05) is 43.1 Å². The van der Waals surface area contributed by atoms with Crippen molar-refractivity contribution in [1.29, 1.82) is 0 Å². The Bertz CT molecular complexity index is 1190.